The Morgan fingerprint density at radius 3 is 2.59 bits per heavy atom. The van der Waals surface area contributed by atoms with Gasteiger partial charge in [0.25, 0.3) is 0 Å². The lowest BCUT2D eigenvalue weighted by molar-refractivity contribution is -0.121. The van der Waals surface area contributed by atoms with Gasteiger partial charge in [0.1, 0.15) is 11.1 Å². The predicted octanol–water partition coefficient (Wildman–Crippen LogP) is 3.62. The monoisotopic (exact) mass is 411 g/mol. The number of amides is 1. The molecule has 4 rings (SSSR count). The number of fused-ring (bicyclic) bond motifs is 1. The van der Waals surface area contributed by atoms with Crippen LogP contribution in [0.1, 0.15) is 25.5 Å². The van der Waals surface area contributed by atoms with E-state index in [2.05, 4.69) is 20.9 Å². The Morgan fingerprint density at radius 2 is 1.90 bits per heavy atom. The maximum Gasteiger partial charge on any atom is 0.236 e. The molecule has 1 aliphatic heterocycles. The standard InChI is InChI=1S/C21H22FN5OS/c1-13(2)12-23-20(28)18-17(14-8-10-16(22)11-9-14)26-27-19(24-25-21(27)29-18)15-6-4-3-5-7-15/h3-11,13,17-18,26H,12H2,1-2H3,(H,23,28)/t17-,18+/m1/s1. The minimum absolute atomic E-state index is 0.0824. The summed E-state index contributed by atoms with van der Waals surface area (Å²) in [5.74, 6) is 0.619. The van der Waals surface area contributed by atoms with E-state index in [9.17, 15) is 9.18 Å². The first-order valence-electron chi connectivity index (χ1n) is 9.50. The third-order valence-corrected chi connectivity index (χ3v) is 5.86. The van der Waals surface area contributed by atoms with Crippen LogP contribution in [-0.2, 0) is 4.79 Å². The highest BCUT2D eigenvalue weighted by atomic mass is 32.2. The van der Waals surface area contributed by atoms with E-state index >= 15 is 0 Å². The van der Waals surface area contributed by atoms with E-state index in [1.807, 2.05) is 44.2 Å². The summed E-state index contributed by atoms with van der Waals surface area (Å²) < 4.78 is 15.3. The fourth-order valence-corrected chi connectivity index (χ4v) is 4.26. The van der Waals surface area contributed by atoms with Crippen LogP contribution < -0.4 is 10.7 Å². The van der Waals surface area contributed by atoms with Crippen molar-refractivity contribution >= 4 is 17.7 Å². The van der Waals surface area contributed by atoms with Crippen LogP contribution in [-0.4, -0.2) is 32.6 Å². The number of benzene rings is 2. The topological polar surface area (TPSA) is 71.8 Å². The highest BCUT2D eigenvalue weighted by Crippen LogP contribution is 2.38. The molecule has 0 unspecified atom stereocenters. The molecule has 29 heavy (non-hydrogen) atoms. The molecule has 1 aliphatic rings. The fraction of sp³-hybridized carbons (Fsp3) is 0.286. The summed E-state index contributed by atoms with van der Waals surface area (Å²) in [4.78, 5) is 12.9. The normalized spacial score (nSPS) is 18.2. The minimum Gasteiger partial charge on any atom is -0.355 e. The number of nitrogens with zero attached hydrogens (tertiary/aromatic N) is 3. The van der Waals surface area contributed by atoms with Gasteiger partial charge in [0.15, 0.2) is 5.82 Å². The first kappa shape index (κ1) is 19.4. The number of nitrogens with one attached hydrogen (secondary N) is 2. The zero-order valence-corrected chi connectivity index (χ0v) is 17.0. The lowest BCUT2D eigenvalue weighted by Gasteiger charge is -2.33. The molecule has 0 bridgehead atoms. The van der Waals surface area contributed by atoms with Crippen LogP contribution in [0.4, 0.5) is 4.39 Å². The van der Waals surface area contributed by atoms with E-state index in [-0.39, 0.29) is 17.8 Å². The molecule has 6 nitrogen and oxygen atoms in total. The molecule has 0 saturated carbocycles. The molecule has 0 saturated heterocycles. The molecule has 2 heterocycles. The molecule has 1 amide bonds. The molecule has 2 N–H and O–H groups in total. The molecule has 0 radical (unpaired) electrons. The van der Waals surface area contributed by atoms with Gasteiger partial charge in [0, 0.05) is 12.1 Å². The van der Waals surface area contributed by atoms with Crippen molar-refractivity contribution < 1.29 is 9.18 Å². The fourth-order valence-electron chi connectivity index (χ4n) is 3.15. The molecule has 0 aliphatic carbocycles. The van der Waals surface area contributed by atoms with E-state index < -0.39 is 5.25 Å². The Hall–Kier alpha value is -2.87. The van der Waals surface area contributed by atoms with Crippen LogP contribution in [0.2, 0.25) is 0 Å². The van der Waals surface area contributed by atoms with Crippen LogP contribution >= 0.6 is 11.8 Å². The lowest BCUT2D eigenvalue weighted by atomic mass is 10.0. The number of aromatic nitrogens is 3. The molecule has 0 fully saturated rings. The Labute approximate surface area is 172 Å². The van der Waals surface area contributed by atoms with Crippen LogP contribution in [0.3, 0.4) is 0 Å². The van der Waals surface area contributed by atoms with Gasteiger partial charge in [-0.3, -0.25) is 4.79 Å². The third-order valence-electron chi connectivity index (χ3n) is 4.64. The number of carbonyl (C=O) groups is 1. The number of thioether (sulfide) groups is 1. The van der Waals surface area contributed by atoms with Gasteiger partial charge >= 0.3 is 0 Å². The van der Waals surface area contributed by atoms with Gasteiger partial charge in [0.05, 0.1) is 6.04 Å². The summed E-state index contributed by atoms with van der Waals surface area (Å²) in [6.45, 7) is 4.69. The Balaban J connectivity index is 1.70. The van der Waals surface area contributed by atoms with Crippen molar-refractivity contribution in [3.8, 4) is 11.4 Å². The van der Waals surface area contributed by atoms with E-state index in [4.69, 9.17) is 0 Å². The Bertz CT molecular complexity index is 990. The van der Waals surface area contributed by atoms with Gasteiger partial charge in [-0.25, -0.2) is 9.07 Å². The molecule has 3 aromatic rings. The molecular formula is C21H22FN5OS. The SMILES string of the molecule is CC(C)CNC(=O)[C@H]1Sc2nnc(-c3ccccc3)n2N[C@@H]1c1ccc(F)cc1. The van der Waals surface area contributed by atoms with E-state index in [1.165, 1.54) is 23.9 Å². The van der Waals surface area contributed by atoms with Crippen LogP contribution in [0, 0.1) is 11.7 Å². The summed E-state index contributed by atoms with van der Waals surface area (Å²) >= 11 is 1.36. The molecule has 1 aromatic heterocycles. The summed E-state index contributed by atoms with van der Waals surface area (Å²) in [7, 11) is 0. The average molecular weight is 412 g/mol. The number of halogens is 1. The lowest BCUT2D eigenvalue weighted by Crippen LogP contribution is -2.44. The summed E-state index contributed by atoms with van der Waals surface area (Å²) in [5, 5.41) is 11.8. The molecule has 2 aromatic carbocycles. The largest absolute Gasteiger partial charge is 0.355 e. The Kier molecular flexibility index (Phi) is 5.53. The zero-order chi connectivity index (χ0) is 20.4. The van der Waals surface area contributed by atoms with Gasteiger partial charge in [-0.1, -0.05) is 68.1 Å². The van der Waals surface area contributed by atoms with Crippen molar-refractivity contribution in [2.75, 3.05) is 12.0 Å². The second-order valence-electron chi connectivity index (χ2n) is 7.34. The minimum atomic E-state index is -0.459. The summed E-state index contributed by atoms with van der Waals surface area (Å²) in [6, 6.07) is 15.6. The van der Waals surface area contributed by atoms with Crippen molar-refractivity contribution in [3.63, 3.8) is 0 Å². The molecule has 8 heteroatoms. The molecule has 150 valence electrons. The van der Waals surface area contributed by atoms with Gasteiger partial charge in [0.2, 0.25) is 11.1 Å². The van der Waals surface area contributed by atoms with Crippen LogP contribution in [0.15, 0.2) is 59.8 Å². The van der Waals surface area contributed by atoms with Crippen molar-refractivity contribution in [2.24, 2.45) is 5.92 Å². The van der Waals surface area contributed by atoms with Gasteiger partial charge < -0.3 is 10.7 Å². The maximum atomic E-state index is 13.5. The van der Waals surface area contributed by atoms with Crippen molar-refractivity contribution in [1.82, 2.24) is 20.2 Å². The Morgan fingerprint density at radius 1 is 1.17 bits per heavy atom. The quantitative estimate of drug-likeness (QED) is 0.671. The van der Waals surface area contributed by atoms with Gasteiger partial charge in [-0.2, -0.15) is 0 Å². The highest BCUT2D eigenvalue weighted by Gasteiger charge is 2.37. The van der Waals surface area contributed by atoms with Crippen LogP contribution in [0.25, 0.3) is 11.4 Å². The first-order chi connectivity index (χ1) is 14.0. The van der Waals surface area contributed by atoms with E-state index in [1.54, 1.807) is 16.8 Å². The number of rotatable bonds is 5. The highest BCUT2D eigenvalue weighted by molar-refractivity contribution is 8.00. The molecule has 0 spiro atoms. The second kappa shape index (κ2) is 8.24. The smallest absolute Gasteiger partial charge is 0.236 e. The van der Waals surface area contributed by atoms with Crippen molar-refractivity contribution in [3.05, 3.63) is 66.0 Å². The second-order valence-corrected chi connectivity index (χ2v) is 8.45. The summed E-state index contributed by atoms with van der Waals surface area (Å²) in [6.07, 6.45) is 0. The predicted molar refractivity (Wildman–Crippen MR) is 111 cm³/mol. The first-order valence-corrected chi connectivity index (χ1v) is 10.4. The molecule has 2 atom stereocenters. The number of carbonyl (C=O) groups excluding carboxylic acids is 1. The zero-order valence-electron chi connectivity index (χ0n) is 16.2. The molecular weight excluding hydrogens is 389 g/mol. The maximum absolute atomic E-state index is 13.5. The van der Waals surface area contributed by atoms with E-state index in [0.29, 0.717) is 23.4 Å². The third kappa shape index (κ3) is 4.12. The number of hydrogen-bond donors (Lipinski definition) is 2. The number of hydrogen-bond acceptors (Lipinski definition) is 5. The van der Waals surface area contributed by atoms with Crippen molar-refractivity contribution in [1.29, 1.82) is 0 Å². The average Bonchev–Trinajstić information content (AvgIpc) is 3.15. The van der Waals surface area contributed by atoms with Crippen LogP contribution in [0.5, 0.6) is 0 Å². The van der Waals surface area contributed by atoms with Crippen molar-refractivity contribution in [2.45, 2.75) is 30.3 Å². The van der Waals surface area contributed by atoms with Gasteiger partial charge in [-0.15, -0.1) is 10.2 Å². The summed E-state index contributed by atoms with van der Waals surface area (Å²) in [5.41, 5.74) is 5.12. The van der Waals surface area contributed by atoms with Gasteiger partial charge in [-0.05, 0) is 23.6 Å². The van der Waals surface area contributed by atoms with E-state index in [0.717, 1.165) is 11.1 Å².